The molecule has 19 heavy (non-hydrogen) atoms. The molecule has 0 aliphatic carbocycles. The van der Waals surface area contributed by atoms with Crippen LogP contribution in [0.1, 0.15) is 20.7 Å². The Morgan fingerprint density at radius 3 is 1.95 bits per heavy atom. The fourth-order valence-corrected chi connectivity index (χ4v) is 1.57. The number of rotatable bonds is 3. The zero-order valence-corrected chi connectivity index (χ0v) is 9.49. The largest absolute Gasteiger partial charge is 0.285 e. The maximum Gasteiger partial charge on any atom is 0.239 e. The lowest BCUT2D eigenvalue weighted by Crippen LogP contribution is -2.18. The predicted octanol–water partition coefficient (Wildman–Crippen LogP) is 3.17. The molecular weight excluding hydrogens is 257 g/mol. The number of carbonyl (C=O) groups is 2. The first-order valence-electron chi connectivity index (χ1n) is 5.30. The van der Waals surface area contributed by atoms with E-state index in [1.54, 1.807) is 6.07 Å². The summed E-state index contributed by atoms with van der Waals surface area (Å²) in [6, 6.07) is 8.42. The molecule has 0 unspecified atom stereocenters. The lowest BCUT2D eigenvalue weighted by Gasteiger charge is -2.04. The first-order chi connectivity index (χ1) is 9.02. The van der Waals surface area contributed by atoms with Crippen LogP contribution in [0, 0.1) is 17.5 Å². The molecular formula is C14H7F3O2. The quantitative estimate of drug-likeness (QED) is 0.484. The molecule has 0 aliphatic rings. The van der Waals surface area contributed by atoms with Gasteiger partial charge in [0.1, 0.15) is 11.4 Å². The molecule has 0 saturated carbocycles. The molecule has 0 aliphatic heterocycles. The van der Waals surface area contributed by atoms with Crippen LogP contribution >= 0.6 is 0 Å². The smallest absolute Gasteiger partial charge is 0.239 e. The second kappa shape index (κ2) is 5.06. The van der Waals surface area contributed by atoms with Crippen LogP contribution in [-0.4, -0.2) is 11.6 Å². The Labute approximate surface area is 106 Å². The zero-order chi connectivity index (χ0) is 14.0. The number of hydrogen-bond acceptors (Lipinski definition) is 2. The van der Waals surface area contributed by atoms with Gasteiger partial charge in [-0.25, -0.2) is 13.2 Å². The second-order valence-electron chi connectivity index (χ2n) is 3.74. The van der Waals surface area contributed by atoms with Crippen molar-refractivity contribution in [2.24, 2.45) is 0 Å². The topological polar surface area (TPSA) is 34.1 Å². The summed E-state index contributed by atoms with van der Waals surface area (Å²) in [6.45, 7) is 0. The molecule has 0 N–H and O–H groups in total. The molecule has 0 atom stereocenters. The average Bonchev–Trinajstić information content (AvgIpc) is 2.43. The molecule has 0 bridgehead atoms. The van der Waals surface area contributed by atoms with Crippen LogP contribution in [0.15, 0.2) is 42.5 Å². The number of hydrogen-bond donors (Lipinski definition) is 0. The van der Waals surface area contributed by atoms with E-state index in [-0.39, 0.29) is 5.56 Å². The van der Waals surface area contributed by atoms with Crippen LogP contribution in [0.25, 0.3) is 0 Å². The molecule has 0 saturated heterocycles. The van der Waals surface area contributed by atoms with Gasteiger partial charge in [0.2, 0.25) is 11.6 Å². The molecule has 2 aromatic rings. The molecule has 0 radical (unpaired) electrons. The molecule has 96 valence electrons. The van der Waals surface area contributed by atoms with Crippen LogP contribution in [0.4, 0.5) is 13.2 Å². The summed E-state index contributed by atoms with van der Waals surface area (Å²) in [7, 11) is 0. The summed E-state index contributed by atoms with van der Waals surface area (Å²) in [5.74, 6) is -6.82. The van der Waals surface area contributed by atoms with E-state index in [0.29, 0.717) is 12.1 Å². The summed E-state index contributed by atoms with van der Waals surface area (Å²) >= 11 is 0. The van der Waals surface area contributed by atoms with Gasteiger partial charge in [0, 0.05) is 5.56 Å². The van der Waals surface area contributed by atoms with Crippen LogP contribution in [0.5, 0.6) is 0 Å². The molecule has 0 fully saturated rings. The molecule has 2 nitrogen and oxygen atoms in total. The van der Waals surface area contributed by atoms with E-state index in [1.807, 2.05) is 0 Å². The Hall–Kier alpha value is -2.43. The maximum absolute atomic E-state index is 13.4. The third-order valence-electron chi connectivity index (χ3n) is 2.51. The van der Waals surface area contributed by atoms with Crippen molar-refractivity contribution in [1.29, 1.82) is 0 Å². The minimum Gasteiger partial charge on any atom is -0.285 e. The van der Waals surface area contributed by atoms with Crippen molar-refractivity contribution in [3.63, 3.8) is 0 Å². The highest BCUT2D eigenvalue weighted by atomic mass is 19.2. The van der Waals surface area contributed by atoms with Gasteiger partial charge in [0.15, 0.2) is 11.6 Å². The Bertz CT molecular complexity index is 651. The average molecular weight is 264 g/mol. The van der Waals surface area contributed by atoms with Gasteiger partial charge in [-0.2, -0.15) is 0 Å². The minimum absolute atomic E-state index is 0.0180. The van der Waals surface area contributed by atoms with E-state index in [2.05, 4.69) is 0 Å². The van der Waals surface area contributed by atoms with Gasteiger partial charge >= 0.3 is 0 Å². The fraction of sp³-hybridized carbons (Fsp3) is 0. The number of ketones is 2. The van der Waals surface area contributed by atoms with Crippen LogP contribution in [0.3, 0.4) is 0 Å². The molecule has 0 heterocycles. The number of carbonyl (C=O) groups excluding carboxylic acids is 2. The summed E-state index contributed by atoms with van der Waals surface area (Å²) in [6.07, 6.45) is 0. The van der Waals surface area contributed by atoms with E-state index in [4.69, 9.17) is 0 Å². The van der Waals surface area contributed by atoms with E-state index in [0.717, 1.165) is 0 Å². The van der Waals surface area contributed by atoms with Crippen molar-refractivity contribution in [2.75, 3.05) is 0 Å². The molecule has 0 spiro atoms. The number of benzene rings is 2. The third-order valence-corrected chi connectivity index (χ3v) is 2.51. The van der Waals surface area contributed by atoms with Crippen LogP contribution in [0.2, 0.25) is 0 Å². The normalized spacial score (nSPS) is 10.3. The Kier molecular flexibility index (Phi) is 3.46. The number of halogens is 3. The van der Waals surface area contributed by atoms with Crippen LogP contribution < -0.4 is 0 Å². The lowest BCUT2D eigenvalue weighted by molar-refractivity contribution is 0.0811. The minimum atomic E-state index is -1.66. The number of Topliss-reactive ketones (excluding diaryl/α,β-unsaturated/α-hetero) is 2. The zero-order valence-electron chi connectivity index (χ0n) is 9.49. The SMILES string of the molecule is O=C(C(=O)c1c(F)ccc(F)c1F)c1ccccc1. The van der Waals surface area contributed by atoms with Crippen molar-refractivity contribution >= 4 is 11.6 Å². The Morgan fingerprint density at radius 2 is 1.32 bits per heavy atom. The summed E-state index contributed by atoms with van der Waals surface area (Å²) in [4.78, 5) is 23.5. The van der Waals surface area contributed by atoms with Crippen molar-refractivity contribution in [1.82, 2.24) is 0 Å². The van der Waals surface area contributed by atoms with Crippen molar-refractivity contribution in [2.45, 2.75) is 0 Å². The fourth-order valence-electron chi connectivity index (χ4n) is 1.57. The second-order valence-corrected chi connectivity index (χ2v) is 3.74. The van der Waals surface area contributed by atoms with Gasteiger partial charge < -0.3 is 0 Å². The van der Waals surface area contributed by atoms with Gasteiger partial charge in [0.05, 0.1) is 0 Å². The third kappa shape index (κ3) is 2.40. The van der Waals surface area contributed by atoms with Gasteiger partial charge in [-0.1, -0.05) is 30.3 Å². The highest BCUT2D eigenvalue weighted by Gasteiger charge is 2.26. The summed E-state index contributed by atoms with van der Waals surface area (Å²) in [5, 5.41) is 0. The standard InChI is InChI=1S/C14H7F3O2/c15-9-6-7-10(16)12(17)11(9)14(19)13(18)8-4-2-1-3-5-8/h1-7H. The highest BCUT2D eigenvalue weighted by Crippen LogP contribution is 2.18. The highest BCUT2D eigenvalue weighted by molar-refractivity contribution is 6.49. The molecule has 0 amide bonds. The monoisotopic (exact) mass is 264 g/mol. The Balaban J connectivity index is 2.46. The first kappa shape index (κ1) is 13.0. The molecule has 0 aromatic heterocycles. The van der Waals surface area contributed by atoms with Gasteiger partial charge in [-0.05, 0) is 12.1 Å². The van der Waals surface area contributed by atoms with E-state index in [9.17, 15) is 22.8 Å². The summed E-state index contributed by atoms with van der Waals surface area (Å²) in [5.41, 5.74) is -1.19. The summed E-state index contributed by atoms with van der Waals surface area (Å²) < 4.78 is 39.8. The van der Waals surface area contributed by atoms with Crippen molar-refractivity contribution in [3.05, 3.63) is 71.0 Å². The van der Waals surface area contributed by atoms with E-state index in [1.165, 1.54) is 24.3 Å². The predicted molar refractivity (Wildman–Crippen MR) is 61.4 cm³/mol. The first-order valence-corrected chi connectivity index (χ1v) is 5.30. The van der Waals surface area contributed by atoms with E-state index < -0.39 is 34.6 Å². The van der Waals surface area contributed by atoms with Crippen LogP contribution in [-0.2, 0) is 0 Å². The molecule has 2 rings (SSSR count). The lowest BCUT2D eigenvalue weighted by atomic mass is 10.0. The van der Waals surface area contributed by atoms with E-state index >= 15 is 0 Å². The maximum atomic E-state index is 13.4. The van der Waals surface area contributed by atoms with Gasteiger partial charge in [0.25, 0.3) is 0 Å². The molecule has 5 heteroatoms. The van der Waals surface area contributed by atoms with Crippen molar-refractivity contribution in [3.8, 4) is 0 Å². The van der Waals surface area contributed by atoms with Gasteiger partial charge in [-0.15, -0.1) is 0 Å². The van der Waals surface area contributed by atoms with Gasteiger partial charge in [-0.3, -0.25) is 9.59 Å². The Morgan fingerprint density at radius 1 is 0.737 bits per heavy atom. The van der Waals surface area contributed by atoms with Crippen molar-refractivity contribution < 1.29 is 22.8 Å². The molecule has 2 aromatic carbocycles.